The van der Waals surface area contributed by atoms with E-state index in [1.807, 2.05) is 0 Å². The number of aromatic nitrogens is 2. The Kier molecular flexibility index (Phi) is 4.07. The average molecular weight is 332 g/mol. The first-order valence-electron chi connectivity index (χ1n) is 6.89. The molecule has 1 aromatic heterocycles. The maximum atomic E-state index is 14.0. The van der Waals surface area contributed by atoms with Crippen LogP contribution in [-0.4, -0.2) is 22.9 Å². The van der Waals surface area contributed by atoms with Gasteiger partial charge in [0.1, 0.15) is 17.3 Å². The summed E-state index contributed by atoms with van der Waals surface area (Å²) in [5.41, 5.74) is 0.703. The fourth-order valence-corrected chi connectivity index (χ4v) is 2.23. The van der Waals surface area contributed by atoms with E-state index in [2.05, 4.69) is 9.84 Å². The van der Waals surface area contributed by atoms with E-state index in [-0.39, 0.29) is 11.4 Å². The van der Waals surface area contributed by atoms with E-state index in [1.165, 1.54) is 43.5 Å². The first-order valence-corrected chi connectivity index (χ1v) is 6.89. The highest BCUT2D eigenvalue weighted by molar-refractivity contribution is 5.89. The van der Waals surface area contributed by atoms with Crippen LogP contribution in [0, 0.1) is 17.5 Å². The Hall–Kier alpha value is -3.09. The Bertz CT molecular complexity index is 905. The molecule has 3 aromatic rings. The molecule has 0 fully saturated rings. The van der Waals surface area contributed by atoms with Crippen LogP contribution in [0.25, 0.3) is 16.9 Å². The summed E-state index contributed by atoms with van der Waals surface area (Å²) in [6, 6.07) is 9.73. The summed E-state index contributed by atoms with van der Waals surface area (Å²) in [6.07, 6.45) is 0. The largest absolute Gasteiger partial charge is 0.464 e. The number of carbonyl (C=O) groups excluding carboxylic acids is 1. The monoisotopic (exact) mass is 332 g/mol. The van der Waals surface area contributed by atoms with Gasteiger partial charge < -0.3 is 4.74 Å². The van der Waals surface area contributed by atoms with E-state index >= 15 is 0 Å². The molecule has 4 nitrogen and oxygen atoms in total. The summed E-state index contributed by atoms with van der Waals surface area (Å²) in [7, 11) is 1.18. The molecule has 0 bridgehead atoms. The van der Waals surface area contributed by atoms with Crippen LogP contribution >= 0.6 is 0 Å². The normalized spacial score (nSPS) is 10.7. The molecule has 7 heteroatoms. The summed E-state index contributed by atoms with van der Waals surface area (Å²) in [5.74, 6) is -2.79. The highest BCUT2D eigenvalue weighted by Crippen LogP contribution is 2.24. The first kappa shape index (κ1) is 15.8. The second-order valence-electron chi connectivity index (χ2n) is 4.92. The van der Waals surface area contributed by atoms with Gasteiger partial charge in [0.05, 0.1) is 12.8 Å². The summed E-state index contributed by atoms with van der Waals surface area (Å²) in [4.78, 5) is 11.9. The van der Waals surface area contributed by atoms with Crippen molar-refractivity contribution in [3.05, 3.63) is 71.7 Å². The van der Waals surface area contributed by atoms with E-state index < -0.39 is 23.4 Å². The van der Waals surface area contributed by atoms with Gasteiger partial charge in [0.25, 0.3) is 0 Å². The summed E-state index contributed by atoms with van der Waals surface area (Å²) < 4.78 is 45.9. The molecular formula is C17H11F3N2O2. The first-order chi connectivity index (χ1) is 11.5. The zero-order valence-corrected chi connectivity index (χ0v) is 12.5. The Balaban J connectivity index is 2.17. The van der Waals surface area contributed by atoms with Gasteiger partial charge >= 0.3 is 5.97 Å². The third kappa shape index (κ3) is 2.88. The molecule has 0 aliphatic heterocycles. The Morgan fingerprint density at radius 3 is 2.29 bits per heavy atom. The summed E-state index contributed by atoms with van der Waals surface area (Å²) >= 11 is 0. The van der Waals surface area contributed by atoms with Crippen LogP contribution in [0.4, 0.5) is 13.2 Å². The third-order valence-electron chi connectivity index (χ3n) is 3.38. The van der Waals surface area contributed by atoms with Crippen LogP contribution in [-0.2, 0) is 4.74 Å². The summed E-state index contributed by atoms with van der Waals surface area (Å²) in [5, 5.41) is 4.17. The molecular weight excluding hydrogens is 321 g/mol. The summed E-state index contributed by atoms with van der Waals surface area (Å²) in [6.45, 7) is 0. The van der Waals surface area contributed by atoms with Gasteiger partial charge in [0, 0.05) is 11.6 Å². The lowest BCUT2D eigenvalue weighted by atomic mass is 10.1. The van der Waals surface area contributed by atoms with Gasteiger partial charge in [-0.25, -0.2) is 22.6 Å². The van der Waals surface area contributed by atoms with Crippen molar-refractivity contribution in [2.75, 3.05) is 7.11 Å². The number of carbonyl (C=O) groups is 1. The molecule has 0 saturated heterocycles. The fourth-order valence-electron chi connectivity index (χ4n) is 2.23. The number of halogens is 3. The number of hydrogen-bond donors (Lipinski definition) is 0. The Morgan fingerprint density at radius 2 is 1.67 bits per heavy atom. The van der Waals surface area contributed by atoms with Crippen molar-refractivity contribution in [3.63, 3.8) is 0 Å². The average Bonchev–Trinajstić information content (AvgIpc) is 2.99. The lowest BCUT2D eigenvalue weighted by Crippen LogP contribution is -2.11. The minimum atomic E-state index is -0.881. The third-order valence-corrected chi connectivity index (χ3v) is 3.38. The highest BCUT2D eigenvalue weighted by Gasteiger charge is 2.20. The Morgan fingerprint density at radius 1 is 1.00 bits per heavy atom. The second-order valence-corrected chi connectivity index (χ2v) is 4.92. The topological polar surface area (TPSA) is 44.1 Å². The molecule has 3 rings (SSSR count). The smallest absolute Gasteiger partial charge is 0.356 e. The van der Waals surface area contributed by atoms with Gasteiger partial charge in [0.15, 0.2) is 11.5 Å². The van der Waals surface area contributed by atoms with Gasteiger partial charge in [-0.3, -0.25) is 0 Å². The Labute approximate surface area is 135 Å². The molecule has 24 heavy (non-hydrogen) atoms. The maximum absolute atomic E-state index is 14.0. The van der Waals surface area contributed by atoms with E-state index in [4.69, 9.17) is 0 Å². The molecule has 0 aliphatic rings. The predicted molar refractivity (Wildman–Crippen MR) is 80.2 cm³/mol. The minimum absolute atomic E-state index is 0.0395. The molecule has 0 N–H and O–H groups in total. The molecule has 0 atom stereocenters. The SMILES string of the molecule is COC(=O)c1cc(-c2ccc(F)cc2)nn1-c1ccc(F)cc1F. The molecule has 0 saturated carbocycles. The van der Waals surface area contributed by atoms with Crippen LogP contribution in [0.1, 0.15) is 10.5 Å². The number of rotatable bonds is 3. The van der Waals surface area contributed by atoms with E-state index in [9.17, 15) is 18.0 Å². The van der Waals surface area contributed by atoms with Gasteiger partial charge in [-0.15, -0.1) is 0 Å². The molecule has 2 aromatic carbocycles. The zero-order chi connectivity index (χ0) is 17.3. The van der Waals surface area contributed by atoms with Crippen LogP contribution in [0.5, 0.6) is 0 Å². The van der Waals surface area contributed by atoms with Crippen molar-refractivity contribution in [3.8, 4) is 16.9 Å². The van der Waals surface area contributed by atoms with E-state index in [1.54, 1.807) is 0 Å². The van der Waals surface area contributed by atoms with E-state index in [0.717, 1.165) is 10.7 Å². The second kappa shape index (κ2) is 6.19. The van der Waals surface area contributed by atoms with Crippen LogP contribution in [0.3, 0.4) is 0 Å². The van der Waals surface area contributed by atoms with Gasteiger partial charge in [-0.05, 0) is 42.5 Å². The van der Waals surface area contributed by atoms with Crippen molar-refractivity contribution in [1.29, 1.82) is 0 Å². The van der Waals surface area contributed by atoms with Crippen molar-refractivity contribution >= 4 is 5.97 Å². The molecule has 0 radical (unpaired) electrons. The molecule has 0 amide bonds. The molecule has 0 aliphatic carbocycles. The van der Waals surface area contributed by atoms with Gasteiger partial charge in [-0.1, -0.05) is 0 Å². The quantitative estimate of drug-likeness (QED) is 0.686. The van der Waals surface area contributed by atoms with Crippen molar-refractivity contribution in [1.82, 2.24) is 9.78 Å². The molecule has 0 unspecified atom stereocenters. The number of hydrogen-bond acceptors (Lipinski definition) is 3. The van der Waals surface area contributed by atoms with Crippen molar-refractivity contribution in [2.45, 2.75) is 0 Å². The lowest BCUT2D eigenvalue weighted by molar-refractivity contribution is 0.0590. The molecule has 1 heterocycles. The number of ether oxygens (including phenoxy) is 1. The van der Waals surface area contributed by atoms with E-state index in [0.29, 0.717) is 17.3 Å². The lowest BCUT2D eigenvalue weighted by Gasteiger charge is -2.07. The van der Waals surface area contributed by atoms with Crippen LogP contribution in [0.2, 0.25) is 0 Å². The van der Waals surface area contributed by atoms with Crippen LogP contribution < -0.4 is 0 Å². The van der Waals surface area contributed by atoms with Crippen LogP contribution in [0.15, 0.2) is 48.5 Å². The predicted octanol–water partition coefficient (Wildman–Crippen LogP) is 3.74. The fraction of sp³-hybridized carbons (Fsp3) is 0.0588. The number of esters is 1. The van der Waals surface area contributed by atoms with Crippen molar-refractivity contribution < 1.29 is 22.7 Å². The van der Waals surface area contributed by atoms with Gasteiger partial charge in [-0.2, -0.15) is 5.10 Å². The molecule has 0 spiro atoms. The zero-order valence-electron chi connectivity index (χ0n) is 12.5. The number of benzene rings is 2. The van der Waals surface area contributed by atoms with Crippen molar-refractivity contribution in [2.24, 2.45) is 0 Å². The number of methoxy groups -OCH3 is 1. The van der Waals surface area contributed by atoms with Gasteiger partial charge in [0.2, 0.25) is 0 Å². The maximum Gasteiger partial charge on any atom is 0.356 e. The number of nitrogens with zero attached hydrogens (tertiary/aromatic N) is 2. The highest BCUT2D eigenvalue weighted by atomic mass is 19.1. The standard InChI is InChI=1S/C17H11F3N2O2/c1-24-17(23)16-9-14(10-2-4-11(18)5-3-10)21-22(16)15-7-6-12(19)8-13(15)20/h2-9H,1H3. The molecule has 122 valence electrons. The minimum Gasteiger partial charge on any atom is -0.464 e.